The molecule has 0 saturated heterocycles. The van der Waals surface area contributed by atoms with Gasteiger partial charge in [0.2, 0.25) is 0 Å². The molecule has 6 nitrogen and oxygen atoms in total. The van der Waals surface area contributed by atoms with Gasteiger partial charge in [-0.1, -0.05) is 34.8 Å². The van der Waals surface area contributed by atoms with Crippen molar-refractivity contribution < 1.29 is 19.1 Å². The van der Waals surface area contributed by atoms with Crippen LogP contribution in [0.2, 0.25) is 15.1 Å². The molecule has 0 unspecified atom stereocenters. The molecule has 30 heavy (non-hydrogen) atoms. The molecule has 9 heteroatoms. The second-order valence-electron chi connectivity index (χ2n) is 5.95. The molecule has 0 aliphatic carbocycles. The quantitative estimate of drug-likeness (QED) is 0.350. The number of hydrogen-bond donors (Lipinski definition) is 2. The third kappa shape index (κ3) is 4.84. The van der Waals surface area contributed by atoms with Crippen LogP contribution in [0, 0.1) is 11.3 Å². The van der Waals surface area contributed by atoms with Gasteiger partial charge in [0, 0.05) is 17.3 Å². The number of anilines is 1. The Hall–Kier alpha value is -3.24. The molecular weight excluding hydrogens is 451 g/mol. The highest BCUT2D eigenvalue weighted by Gasteiger charge is 2.15. The van der Waals surface area contributed by atoms with E-state index in [9.17, 15) is 14.9 Å². The number of carbonyl (C=O) groups is 2. The molecule has 150 valence electrons. The fourth-order valence-electron chi connectivity index (χ4n) is 2.49. The fraction of sp³-hybridized carbons (Fsp3) is 0. The minimum atomic E-state index is -1.11. The Morgan fingerprint density at radius 2 is 1.73 bits per heavy atom. The van der Waals surface area contributed by atoms with Gasteiger partial charge in [-0.25, -0.2) is 4.79 Å². The van der Waals surface area contributed by atoms with Gasteiger partial charge >= 0.3 is 5.97 Å². The highest BCUT2D eigenvalue weighted by atomic mass is 35.5. The Balaban J connectivity index is 1.86. The van der Waals surface area contributed by atoms with Crippen LogP contribution >= 0.6 is 34.8 Å². The monoisotopic (exact) mass is 460 g/mol. The molecular formula is C21H11Cl3N2O4. The number of aromatic carboxylic acids is 1. The van der Waals surface area contributed by atoms with E-state index in [1.807, 2.05) is 6.07 Å². The van der Waals surface area contributed by atoms with Crippen LogP contribution in [0.25, 0.3) is 17.4 Å². The molecule has 0 aliphatic heterocycles. The van der Waals surface area contributed by atoms with Crippen molar-refractivity contribution in [2.75, 3.05) is 5.32 Å². The van der Waals surface area contributed by atoms with Crippen LogP contribution in [0.15, 0.2) is 58.5 Å². The van der Waals surface area contributed by atoms with Crippen molar-refractivity contribution in [3.05, 3.63) is 80.5 Å². The molecule has 3 rings (SSSR count). The summed E-state index contributed by atoms with van der Waals surface area (Å²) in [5.41, 5.74) is 0.567. The van der Waals surface area contributed by atoms with E-state index < -0.39 is 11.9 Å². The number of halogens is 3. The maximum atomic E-state index is 12.4. The molecule has 0 spiro atoms. The summed E-state index contributed by atoms with van der Waals surface area (Å²) < 4.78 is 5.63. The fourth-order valence-corrected chi connectivity index (χ4v) is 2.99. The van der Waals surface area contributed by atoms with Gasteiger partial charge in [-0.15, -0.1) is 0 Å². The van der Waals surface area contributed by atoms with Crippen molar-refractivity contribution >= 4 is 58.4 Å². The average Bonchev–Trinajstić information content (AvgIpc) is 3.17. The second-order valence-corrected chi connectivity index (χ2v) is 7.18. The van der Waals surface area contributed by atoms with Crippen molar-refractivity contribution in [1.82, 2.24) is 0 Å². The lowest BCUT2D eigenvalue weighted by Gasteiger charge is -2.05. The van der Waals surface area contributed by atoms with Crippen molar-refractivity contribution in [1.29, 1.82) is 5.26 Å². The first kappa shape index (κ1) is 21.5. The molecule has 1 heterocycles. The predicted molar refractivity (Wildman–Crippen MR) is 115 cm³/mol. The summed E-state index contributed by atoms with van der Waals surface area (Å²) in [6, 6.07) is 13.6. The van der Waals surface area contributed by atoms with E-state index in [0.29, 0.717) is 21.3 Å². The Morgan fingerprint density at radius 1 is 1.00 bits per heavy atom. The third-order valence-corrected chi connectivity index (χ3v) is 5.00. The molecule has 0 radical (unpaired) electrons. The Kier molecular flexibility index (Phi) is 6.48. The maximum absolute atomic E-state index is 12.4. The van der Waals surface area contributed by atoms with Gasteiger partial charge in [-0.3, -0.25) is 4.79 Å². The zero-order chi connectivity index (χ0) is 21.8. The van der Waals surface area contributed by atoms with Gasteiger partial charge in [0.25, 0.3) is 5.91 Å². The smallest absolute Gasteiger partial charge is 0.335 e. The summed E-state index contributed by atoms with van der Waals surface area (Å²) >= 11 is 17.9. The summed E-state index contributed by atoms with van der Waals surface area (Å²) in [6.45, 7) is 0. The Morgan fingerprint density at radius 3 is 2.40 bits per heavy atom. The van der Waals surface area contributed by atoms with Gasteiger partial charge < -0.3 is 14.8 Å². The lowest BCUT2D eigenvalue weighted by atomic mass is 10.1. The minimum absolute atomic E-state index is 0.0432. The number of nitrogens with zero attached hydrogens (tertiary/aromatic N) is 1. The number of carbonyl (C=O) groups excluding carboxylic acids is 1. The maximum Gasteiger partial charge on any atom is 0.335 e. The van der Waals surface area contributed by atoms with E-state index in [2.05, 4.69) is 5.32 Å². The number of nitriles is 1. The lowest BCUT2D eigenvalue weighted by Crippen LogP contribution is -2.13. The molecule has 1 aromatic heterocycles. The summed E-state index contributed by atoms with van der Waals surface area (Å²) in [4.78, 5) is 23.6. The van der Waals surface area contributed by atoms with Gasteiger partial charge in [0.05, 0.1) is 20.6 Å². The molecule has 0 atom stereocenters. The number of benzene rings is 2. The number of amides is 1. The first-order chi connectivity index (χ1) is 14.3. The van der Waals surface area contributed by atoms with Crippen LogP contribution in [-0.4, -0.2) is 17.0 Å². The molecule has 0 fully saturated rings. The number of rotatable bonds is 5. The van der Waals surface area contributed by atoms with Crippen molar-refractivity contribution in [3.63, 3.8) is 0 Å². The van der Waals surface area contributed by atoms with E-state index in [1.165, 1.54) is 42.5 Å². The van der Waals surface area contributed by atoms with Gasteiger partial charge in [0.1, 0.15) is 23.2 Å². The minimum Gasteiger partial charge on any atom is -0.478 e. The molecule has 0 aliphatic rings. The van der Waals surface area contributed by atoms with Gasteiger partial charge in [0.15, 0.2) is 0 Å². The van der Waals surface area contributed by atoms with E-state index in [4.69, 9.17) is 44.3 Å². The summed E-state index contributed by atoms with van der Waals surface area (Å²) in [6.07, 6.45) is 1.26. The largest absolute Gasteiger partial charge is 0.478 e. The molecule has 0 saturated carbocycles. The van der Waals surface area contributed by atoms with E-state index in [0.717, 1.165) is 0 Å². The number of hydrogen-bond acceptors (Lipinski definition) is 4. The van der Waals surface area contributed by atoms with Crippen molar-refractivity contribution in [3.8, 4) is 17.4 Å². The SMILES string of the molecule is N#C/C(=C\c1ccc(-c2cc(C(=O)O)ccc2Cl)o1)C(=O)Nc1ccc(Cl)c(Cl)c1. The van der Waals surface area contributed by atoms with Crippen LogP contribution in [0.1, 0.15) is 16.1 Å². The standard InChI is InChI=1S/C21H11Cl3N2O4/c22-16-4-1-11(21(28)29)8-15(16)19-6-3-14(30-19)7-12(10-25)20(27)26-13-2-5-17(23)18(24)9-13/h1-9H,(H,26,27)(H,28,29)/b12-7+. The van der Waals surface area contributed by atoms with Crippen molar-refractivity contribution in [2.45, 2.75) is 0 Å². The molecule has 3 aromatic rings. The summed E-state index contributed by atoms with van der Waals surface area (Å²) in [7, 11) is 0. The number of nitrogens with one attached hydrogen (secondary N) is 1. The summed E-state index contributed by atoms with van der Waals surface area (Å²) in [5.74, 6) is -1.27. The van der Waals surface area contributed by atoms with E-state index in [-0.39, 0.29) is 27.7 Å². The highest BCUT2D eigenvalue weighted by molar-refractivity contribution is 6.42. The van der Waals surface area contributed by atoms with Crippen LogP contribution in [0.3, 0.4) is 0 Å². The van der Waals surface area contributed by atoms with E-state index >= 15 is 0 Å². The Bertz CT molecular complexity index is 1230. The number of carboxylic acids is 1. The van der Waals surface area contributed by atoms with Gasteiger partial charge in [-0.2, -0.15) is 5.26 Å². The van der Waals surface area contributed by atoms with Crippen molar-refractivity contribution in [2.24, 2.45) is 0 Å². The number of furan rings is 1. The predicted octanol–water partition coefficient (Wildman–Crippen LogP) is 6.15. The molecule has 0 bridgehead atoms. The number of carboxylic acid groups (broad SMARTS) is 1. The zero-order valence-electron chi connectivity index (χ0n) is 14.9. The third-order valence-electron chi connectivity index (χ3n) is 3.93. The topological polar surface area (TPSA) is 103 Å². The van der Waals surface area contributed by atoms with E-state index in [1.54, 1.807) is 12.1 Å². The zero-order valence-corrected chi connectivity index (χ0v) is 17.2. The van der Waals surface area contributed by atoms with Crippen LogP contribution in [0.5, 0.6) is 0 Å². The Labute approximate surface area is 185 Å². The molecule has 2 N–H and O–H groups in total. The van der Waals surface area contributed by atoms with Crippen LogP contribution in [0.4, 0.5) is 5.69 Å². The molecule has 1 amide bonds. The second kappa shape index (κ2) is 9.06. The van der Waals surface area contributed by atoms with Crippen LogP contribution in [-0.2, 0) is 4.79 Å². The highest BCUT2D eigenvalue weighted by Crippen LogP contribution is 2.31. The first-order valence-corrected chi connectivity index (χ1v) is 9.43. The summed E-state index contributed by atoms with van der Waals surface area (Å²) in [5, 5.41) is 21.9. The average molecular weight is 462 g/mol. The van der Waals surface area contributed by atoms with Crippen LogP contribution < -0.4 is 5.32 Å². The molecule has 2 aromatic carbocycles. The van der Waals surface area contributed by atoms with Gasteiger partial charge in [-0.05, 0) is 48.5 Å². The first-order valence-electron chi connectivity index (χ1n) is 8.29. The normalized spacial score (nSPS) is 11.1. The lowest BCUT2D eigenvalue weighted by molar-refractivity contribution is -0.112.